The number of hydrogen-bond donors (Lipinski definition) is 0. The molecule has 0 spiro atoms. The van der Waals surface area contributed by atoms with Crippen LogP contribution in [0.5, 0.6) is 0 Å². The monoisotopic (exact) mass is 435 g/mol. The zero-order valence-corrected chi connectivity index (χ0v) is 17.8. The number of aromatic nitrogens is 3. The molecule has 0 aliphatic heterocycles. The van der Waals surface area contributed by atoms with E-state index in [9.17, 15) is 4.79 Å². The second-order valence-electron chi connectivity index (χ2n) is 6.56. The number of aryl methyl sites for hydroxylation is 2. The van der Waals surface area contributed by atoms with E-state index in [2.05, 4.69) is 30.9 Å². The lowest BCUT2D eigenvalue weighted by Gasteiger charge is -2.20. The zero-order valence-electron chi connectivity index (χ0n) is 15.4. The molecule has 0 fully saturated rings. The molecule has 3 aromatic rings. The van der Waals surface area contributed by atoms with Crippen LogP contribution in [0.2, 0.25) is 0 Å². The van der Waals surface area contributed by atoms with Gasteiger partial charge in [-0.05, 0) is 52.2 Å². The summed E-state index contributed by atoms with van der Waals surface area (Å²) in [7, 11) is 5.89. The number of hydrogen-bond acceptors (Lipinski definition) is 5. The van der Waals surface area contributed by atoms with Crippen molar-refractivity contribution in [2.75, 3.05) is 32.1 Å². The van der Waals surface area contributed by atoms with Crippen molar-refractivity contribution < 1.29 is 4.79 Å². The molecule has 0 unspecified atom stereocenters. The van der Waals surface area contributed by atoms with E-state index in [1.165, 1.54) is 11.3 Å². The molecule has 0 saturated heterocycles. The maximum atomic E-state index is 13.2. The number of halogens is 1. The van der Waals surface area contributed by atoms with Gasteiger partial charge in [-0.3, -0.25) is 14.4 Å². The topological polar surface area (TPSA) is 54.3 Å². The molecule has 6 nitrogen and oxygen atoms in total. The standard InChI is InChI=1S/C18H22BrN5OS/c1-12-11-23(4)21-16(12)17(25)24(9-5-8-22(2)3)18-20-14-7-6-13(19)10-15(14)26-18/h6-7,10-11H,5,8-9H2,1-4H3. The van der Waals surface area contributed by atoms with Gasteiger partial charge in [-0.15, -0.1) is 0 Å². The van der Waals surface area contributed by atoms with Crippen LogP contribution in [0.15, 0.2) is 28.9 Å². The van der Waals surface area contributed by atoms with Gasteiger partial charge < -0.3 is 4.90 Å². The van der Waals surface area contributed by atoms with Crippen LogP contribution in [-0.2, 0) is 7.05 Å². The first-order valence-corrected chi connectivity index (χ1v) is 9.99. The third-order valence-electron chi connectivity index (χ3n) is 4.02. The summed E-state index contributed by atoms with van der Waals surface area (Å²) in [5, 5.41) is 5.07. The summed E-state index contributed by atoms with van der Waals surface area (Å²) in [6, 6.07) is 5.96. The van der Waals surface area contributed by atoms with Gasteiger partial charge >= 0.3 is 0 Å². The van der Waals surface area contributed by atoms with Gasteiger partial charge in [-0.2, -0.15) is 5.10 Å². The van der Waals surface area contributed by atoms with Gasteiger partial charge in [0.15, 0.2) is 10.8 Å². The van der Waals surface area contributed by atoms with E-state index in [0.717, 1.165) is 33.2 Å². The Hall–Kier alpha value is -1.77. The number of benzene rings is 1. The SMILES string of the molecule is Cc1cn(C)nc1C(=O)N(CCCN(C)C)c1nc2ccc(Br)cc2s1. The lowest BCUT2D eigenvalue weighted by Crippen LogP contribution is -2.34. The average molecular weight is 436 g/mol. The first-order chi connectivity index (χ1) is 12.3. The van der Waals surface area contributed by atoms with Crippen LogP contribution < -0.4 is 4.90 Å². The van der Waals surface area contributed by atoms with E-state index >= 15 is 0 Å². The molecule has 0 saturated carbocycles. The van der Waals surface area contributed by atoms with Crippen LogP contribution in [0.1, 0.15) is 22.5 Å². The predicted molar refractivity (Wildman–Crippen MR) is 110 cm³/mol. The number of rotatable bonds is 6. The molecule has 8 heteroatoms. The summed E-state index contributed by atoms with van der Waals surface area (Å²) in [4.78, 5) is 21.8. The molecule has 1 aromatic carbocycles. The van der Waals surface area contributed by atoms with Crippen molar-refractivity contribution in [1.82, 2.24) is 19.7 Å². The van der Waals surface area contributed by atoms with Crippen LogP contribution in [0.25, 0.3) is 10.2 Å². The van der Waals surface area contributed by atoms with Crippen LogP contribution >= 0.6 is 27.3 Å². The molecule has 0 N–H and O–H groups in total. The molecule has 0 aliphatic carbocycles. The van der Waals surface area contributed by atoms with Gasteiger partial charge in [-0.25, -0.2) is 4.98 Å². The summed E-state index contributed by atoms with van der Waals surface area (Å²) in [5.74, 6) is -0.0972. The number of nitrogens with zero attached hydrogens (tertiary/aromatic N) is 5. The summed E-state index contributed by atoms with van der Waals surface area (Å²) in [6.07, 6.45) is 2.73. The Balaban J connectivity index is 1.95. The lowest BCUT2D eigenvalue weighted by atomic mass is 10.2. The van der Waals surface area contributed by atoms with E-state index in [4.69, 9.17) is 0 Å². The van der Waals surface area contributed by atoms with Crippen molar-refractivity contribution in [1.29, 1.82) is 0 Å². The summed E-state index contributed by atoms with van der Waals surface area (Å²) in [6.45, 7) is 3.42. The van der Waals surface area contributed by atoms with E-state index < -0.39 is 0 Å². The highest BCUT2D eigenvalue weighted by Gasteiger charge is 2.24. The number of fused-ring (bicyclic) bond motifs is 1. The largest absolute Gasteiger partial charge is 0.309 e. The molecular weight excluding hydrogens is 414 g/mol. The Morgan fingerprint density at radius 3 is 2.73 bits per heavy atom. The quantitative estimate of drug-likeness (QED) is 0.592. The molecule has 0 aliphatic rings. The maximum Gasteiger partial charge on any atom is 0.280 e. The van der Waals surface area contributed by atoms with Crippen LogP contribution in [0.3, 0.4) is 0 Å². The number of amides is 1. The molecule has 2 heterocycles. The summed E-state index contributed by atoms with van der Waals surface area (Å²) in [5.41, 5.74) is 2.26. The van der Waals surface area contributed by atoms with Crippen molar-refractivity contribution in [3.63, 3.8) is 0 Å². The summed E-state index contributed by atoms with van der Waals surface area (Å²) >= 11 is 5.02. The molecule has 2 aromatic heterocycles. The highest BCUT2D eigenvalue weighted by molar-refractivity contribution is 9.10. The molecule has 26 heavy (non-hydrogen) atoms. The third-order valence-corrected chi connectivity index (χ3v) is 5.55. The Labute approximate surface area is 165 Å². The van der Waals surface area contributed by atoms with E-state index in [-0.39, 0.29) is 5.91 Å². The van der Waals surface area contributed by atoms with Gasteiger partial charge in [0, 0.05) is 29.8 Å². The zero-order chi connectivity index (χ0) is 18.8. The second kappa shape index (κ2) is 7.85. The van der Waals surface area contributed by atoms with Crippen molar-refractivity contribution in [2.45, 2.75) is 13.3 Å². The molecule has 3 rings (SSSR count). The fourth-order valence-electron chi connectivity index (χ4n) is 2.78. The molecule has 1 amide bonds. The minimum Gasteiger partial charge on any atom is -0.309 e. The molecule has 0 bridgehead atoms. The van der Waals surface area contributed by atoms with E-state index in [1.807, 2.05) is 52.5 Å². The Morgan fingerprint density at radius 1 is 1.31 bits per heavy atom. The minimum atomic E-state index is -0.0972. The average Bonchev–Trinajstić information content (AvgIpc) is 3.12. The fourth-order valence-corrected chi connectivity index (χ4v) is 4.32. The molecule has 138 valence electrons. The number of carbonyl (C=O) groups excluding carboxylic acids is 1. The molecule has 0 atom stereocenters. The van der Waals surface area contributed by atoms with Crippen LogP contribution in [0, 0.1) is 6.92 Å². The fraction of sp³-hybridized carbons (Fsp3) is 0.389. The first kappa shape index (κ1) is 19.0. The first-order valence-electron chi connectivity index (χ1n) is 8.38. The smallest absolute Gasteiger partial charge is 0.280 e. The number of anilines is 1. The van der Waals surface area contributed by atoms with Gasteiger partial charge in [0.2, 0.25) is 0 Å². The number of thiazole rings is 1. The number of carbonyl (C=O) groups is 1. The Bertz CT molecular complexity index is 933. The van der Waals surface area contributed by atoms with Crippen LogP contribution in [0.4, 0.5) is 5.13 Å². The van der Waals surface area contributed by atoms with Crippen molar-refractivity contribution in [3.05, 3.63) is 40.1 Å². The second-order valence-corrected chi connectivity index (χ2v) is 8.48. The molecule has 0 radical (unpaired) electrons. The van der Waals surface area contributed by atoms with Crippen molar-refractivity contribution in [2.24, 2.45) is 7.05 Å². The van der Waals surface area contributed by atoms with Gasteiger partial charge in [-0.1, -0.05) is 27.3 Å². The lowest BCUT2D eigenvalue weighted by molar-refractivity contribution is 0.0980. The highest BCUT2D eigenvalue weighted by atomic mass is 79.9. The predicted octanol–water partition coefficient (Wildman–Crippen LogP) is 3.70. The Morgan fingerprint density at radius 2 is 2.08 bits per heavy atom. The molecular formula is C18H22BrN5OS. The van der Waals surface area contributed by atoms with Gasteiger partial charge in [0.1, 0.15) is 0 Å². The van der Waals surface area contributed by atoms with Gasteiger partial charge in [0.25, 0.3) is 5.91 Å². The maximum absolute atomic E-state index is 13.2. The summed E-state index contributed by atoms with van der Waals surface area (Å²) < 4.78 is 3.74. The van der Waals surface area contributed by atoms with Gasteiger partial charge in [0.05, 0.1) is 10.2 Å². The normalized spacial score (nSPS) is 11.5. The van der Waals surface area contributed by atoms with E-state index in [1.54, 1.807) is 9.58 Å². The van der Waals surface area contributed by atoms with Crippen molar-refractivity contribution in [3.8, 4) is 0 Å². The minimum absolute atomic E-state index is 0.0972. The highest BCUT2D eigenvalue weighted by Crippen LogP contribution is 2.31. The third kappa shape index (κ3) is 4.13. The van der Waals surface area contributed by atoms with Crippen molar-refractivity contribution >= 4 is 48.5 Å². The Kier molecular flexibility index (Phi) is 5.74. The van der Waals surface area contributed by atoms with E-state index in [0.29, 0.717) is 17.4 Å². The van der Waals surface area contributed by atoms with Crippen LogP contribution in [-0.4, -0.2) is 52.8 Å².